The highest BCUT2D eigenvalue weighted by Crippen LogP contribution is 2.27. The van der Waals surface area contributed by atoms with Gasteiger partial charge in [-0.3, -0.25) is 19.3 Å². The fourth-order valence-electron chi connectivity index (χ4n) is 3.26. The lowest BCUT2D eigenvalue weighted by Crippen LogP contribution is -2.40. The Hall–Kier alpha value is -2.78. The summed E-state index contributed by atoms with van der Waals surface area (Å²) in [7, 11) is 1.35. The number of thiophene rings is 1. The Bertz CT molecular complexity index is 1040. The van der Waals surface area contributed by atoms with Crippen molar-refractivity contribution in [2.24, 2.45) is 5.92 Å². The van der Waals surface area contributed by atoms with Gasteiger partial charge in [-0.15, -0.1) is 11.3 Å². The average molecular weight is 445 g/mol. The molecular formula is C21H24N4O3S2. The second kappa shape index (κ2) is 9.82. The van der Waals surface area contributed by atoms with Gasteiger partial charge in [-0.25, -0.2) is 0 Å². The maximum absolute atomic E-state index is 13.5. The Labute approximate surface area is 184 Å². The van der Waals surface area contributed by atoms with Crippen molar-refractivity contribution >= 4 is 35.4 Å². The molecule has 0 aliphatic carbocycles. The van der Waals surface area contributed by atoms with Crippen LogP contribution in [0.1, 0.15) is 25.5 Å². The molecule has 1 amide bonds. The number of hydrogen-bond donors (Lipinski definition) is 1. The summed E-state index contributed by atoms with van der Waals surface area (Å²) in [6, 6.07) is 12.9. The van der Waals surface area contributed by atoms with E-state index in [-0.39, 0.29) is 18.4 Å². The van der Waals surface area contributed by atoms with Crippen molar-refractivity contribution in [3.63, 3.8) is 0 Å². The first-order chi connectivity index (χ1) is 14.4. The third-order valence-corrected chi connectivity index (χ3v) is 5.97. The molecule has 0 spiro atoms. The summed E-state index contributed by atoms with van der Waals surface area (Å²) in [5.74, 6) is -0.335. The van der Waals surface area contributed by atoms with Gasteiger partial charge in [0, 0.05) is 13.1 Å². The van der Waals surface area contributed by atoms with Gasteiger partial charge in [0.25, 0.3) is 0 Å². The molecule has 2 aromatic heterocycles. The quantitative estimate of drug-likeness (QED) is 0.418. The fourth-order valence-corrected chi connectivity index (χ4v) is 4.26. The number of aromatic amines is 1. The molecule has 1 aromatic carbocycles. The van der Waals surface area contributed by atoms with E-state index in [4.69, 9.17) is 17.0 Å². The molecule has 0 aliphatic rings. The minimum absolute atomic E-state index is 0.148. The van der Waals surface area contributed by atoms with Gasteiger partial charge in [0.2, 0.25) is 5.91 Å². The second-order valence-electron chi connectivity index (χ2n) is 7.00. The van der Waals surface area contributed by atoms with Crippen LogP contribution in [-0.4, -0.2) is 45.2 Å². The molecule has 30 heavy (non-hydrogen) atoms. The van der Waals surface area contributed by atoms with E-state index in [1.165, 1.54) is 18.4 Å². The Morgan fingerprint density at radius 1 is 1.23 bits per heavy atom. The van der Waals surface area contributed by atoms with Crippen LogP contribution < -0.4 is 0 Å². The van der Waals surface area contributed by atoms with E-state index < -0.39 is 12.0 Å². The molecule has 0 saturated heterocycles. The van der Waals surface area contributed by atoms with E-state index in [1.54, 1.807) is 23.3 Å². The SMILES string of the molecule is COC(=O)C(C)CN(Cc1ccccc1)C(=O)C(C)n1c(-c2cccs2)n[nH]c1=S. The minimum atomic E-state index is -0.595. The summed E-state index contributed by atoms with van der Waals surface area (Å²) < 4.78 is 6.95. The van der Waals surface area contributed by atoms with Crippen LogP contribution in [0, 0.1) is 10.7 Å². The van der Waals surface area contributed by atoms with Gasteiger partial charge in [-0.2, -0.15) is 5.10 Å². The first-order valence-electron chi connectivity index (χ1n) is 9.53. The molecular weight excluding hydrogens is 420 g/mol. The smallest absolute Gasteiger partial charge is 0.310 e. The van der Waals surface area contributed by atoms with Crippen molar-refractivity contribution in [2.45, 2.75) is 26.4 Å². The van der Waals surface area contributed by atoms with Gasteiger partial charge in [-0.1, -0.05) is 43.3 Å². The highest BCUT2D eigenvalue weighted by atomic mass is 32.1. The number of H-pyrrole nitrogens is 1. The normalized spacial score (nSPS) is 12.9. The zero-order valence-electron chi connectivity index (χ0n) is 17.1. The number of rotatable bonds is 8. The van der Waals surface area contributed by atoms with Gasteiger partial charge in [-0.05, 0) is 36.2 Å². The zero-order valence-corrected chi connectivity index (χ0v) is 18.7. The van der Waals surface area contributed by atoms with Gasteiger partial charge in [0.1, 0.15) is 6.04 Å². The molecule has 0 aliphatic heterocycles. The van der Waals surface area contributed by atoms with Crippen LogP contribution in [-0.2, 0) is 20.9 Å². The summed E-state index contributed by atoms with van der Waals surface area (Å²) in [5, 5.41) is 9.06. The lowest BCUT2D eigenvalue weighted by Gasteiger charge is -2.28. The first kappa shape index (κ1) is 21.9. The number of methoxy groups -OCH3 is 1. The highest BCUT2D eigenvalue weighted by molar-refractivity contribution is 7.71. The molecule has 3 rings (SSSR count). The monoisotopic (exact) mass is 444 g/mol. The van der Waals surface area contributed by atoms with Crippen LogP contribution in [0.3, 0.4) is 0 Å². The maximum atomic E-state index is 13.5. The molecule has 0 bridgehead atoms. The van der Waals surface area contributed by atoms with Gasteiger partial charge < -0.3 is 9.64 Å². The van der Waals surface area contributed by atoms with Crippen molar-refractivity contribution in [1.82, 2.24) is 19.7 Å². The number of nitrogens with one attached hydrogen (secondary N) is 1. The summed E-state index contributed by atoms with van der Waals surface area (Å²) >= 11 is 6.94. The third kappa shape index (κ3) is 4.85. The standard InChI is InChI=1S/C21H24N4O3S2/c1-14(20(27)28-3)12-24(13-16-8-5-4-6-9-16)19(26)15(2)25-18(22-23-21(25)29)17-10-7-11-30-17/h4-11,14-15H,12-13H2,1-3H3,(H,23,29). The predicted molar refractivity (Wildman–Crippen MR) is 118 cm³/mol. The highest BCUT2D eigenvalue weighted by Gasteiger charge is 2.28. The average Bonchev–Trinajstić information content (AvgIpc) is 3.41. The minimum Gasteiger partial charge on any atom is -0.469 e. The molecule has 2 atom stereocenters. The summed E-state index contributed by atoms with van der Waals surface area (Å²) in [4.78, 5) is 28.1. The van der Waals surface area contributed by atoms with Crippen LogP contribution in [0.2, 0.25) is 0 Å². The zero-order chi connectivity index (χ0) is 21.7. The van der Waals surface area contributed by atoms with Crippen molar-refractivity contribution in [1.29, 1.82) is 0 Å². The summed E-state index contributed by atoms with van der Waals surface area (Å²) in [5.41, 5.74) is 0.976. The number of amides is 1. The molecule has 7 nitrogen and oxygen atoms in total. The molecule has 2 heterocycles. The number of benzene rings is 1. The van der Waals surface area contributed by atoms with Crippen LogP contribution in [0.25, 0.3) is 10.7 Å². The topological polar surface area (TPSA) is 80.2 Å². The van der Waals surface area contributed by atoms with Crippen molar-refractivity contribution < 1.29 is 14.3 Å². The van der Waals surface area contributed by atoms with Gasteiger partial charge >= 0.3 is 5.97 Å². The van der Waals surface area contributed by atoms with E-state index >= 15 is 0 Å². The Morgan fingerprint density at radius 3 is 2.60 bits per heavy atom. The van der Waals surface area contributed by atoms with Gasteiger partial charge in [0.05, 0.1) is 17.9 Å². The Morgan fingerprint density at radius 2 is 1.97 bits per heavy atom. The summed E-state index contributed by atoms with van der Waals surface area (Å²) in [6.07, 6.45) is 0. The molecule has 3 aromatic rings. The molecule has 0 fully saturated rings. The van der Waals surface area contributed by atoms with Crippen LogP contribution >= 0.6 is 23.6 Å². The maximum Gasteiger partial charge on any atom is 0.310 e. The number of aromatic nitrogens is 3. The predicted octanol–water partition coefficient (Wildman–Crippen LogP) is 4.07. The lowest BCUT2D eigenvalue weighted by atomic mass is 10.1. The van der Waals surface area contributed by atoms with E-state index in [2.05, 4.69) is 10.2 Å². The fraction of sp³-hybridized carbons (Fsp3) is 0.333. The molecule has 0 saturated carbocycles. The third-order valence-electron chi connectivity index (χ3n) is 4.82. The van der Waals surface area contributed by atoms with Crippen molar-refractivity contribution in [3.8, 4) is 10.7 Å². The van der Waals surface area contributed by atoms with Crippen LogP contribution in [0.5, 0.6) is 0 Å². The van der Waals surface area contributed by atoms with Crippen LogP contribution in [0.15, 0.2) is 47.8 Å². The molecule has 9 heteroatoms. The molecule has 0 radical (unpaired) electrons. The summed E-state index contributed by atoms with van der Waals surface area (Å²) in [6.45, 7) is 4.17. The number of esters is 1. The Kier molecular flexibility index (Phi) is 7.17. The number of nitrogens with zero attached hydrogens (tertiary/aromatic N) is 3. The van der Waals surface area contributed by atoms with Gasteiger partial charge in [0.15, 0.2) is 10.6 Å². The van der Waals surface area contributed by atoms with Crippen molar-refractivity contribution in [2.75, 3.05) is 13.7 Å². The number of hydrogen-bond acceptors (Lipinski definition) is 6. The second-order valence-corrected chi connectivity index (χ2v) is 8.34. The van der Waals surface area contributed by atoms with E-state index in [0.717, 1.165) is 10.4 Å². The first-order valence-corrected chi connectivity index (χ1v) is 10.8. The lowest BCUT2D eigenvalue weighted by molar-refractivity contribution is -0.147. The molecule has 2 unspecified atom stereocenters. The van der Waals surface area contributed by atoms with E-state index in [0.29, 0.717) is 17.1 Å². The number of carbonyl (C=O) groups is 2. The number of ether oxygens (including phenoxy) is 1. The Balaban J connectivity index is 1.91. The molecule has 1 N–H and O–H groups in total. The largest absolute Gasteiger partial charge is 0.469 e. The molecule has 158 valence electrons. The van der Waals surface area contributed by atoms with E-state index in [9.17, 15) is 9.59 Å². The van der Waals surface area contributed by atoms with Crippen molar-refractivity contribution in [3.05, 3.63) is 58.2 Å². The number of carbonyl (C=O) groups excluding carboxylic acids is 2. The van der Waals surface area contributed by atoms with E-state index in [1.807, 2.05) is 47.8 Å². The van der Waals surface area contributed by atoms with Crippen LogP contribution in [0.4, 0.5) is 0 Å².